The Morgan fingerprint density at radius 3 is 2.33 bits per heavy atom. The van der Waals surface area contributed by atoms with Crippen LogP contribution in [0.15, 0.2) is 97.1 Å². The van der Waals surface area contributed by atoms with Crippen molar-refractivity contribution in [3.05, 3.63) is 119 Å². The number of anilines is 2. The number of hydrogen-bond acceptors (Lipinski definition) is 5. The zero-order chi connectivity index (χ0) is 27.0. The molecule has 6 heteroatoms. The van der Waals surface area contributed by atoms with E-state index in [0.29, 0.717) is 5.56 Å². The number of phenolic OH excluding ortho intramolecular Hbond substituents is 1. The molecule has 1 amide bonds. The summed E-state index contributed by atoms with van der Waals surface area (Å²) < 4.78 is 5.17. The van der Waals surface area contributed by atoms with E-state index >= 15 is 0 Å². The molecule has 0 saturated carbocycles. The van der Waals surface area contributed by atoms with Crippen molar-refractivity contribution < 1.29 is 14.6 Å². The second-order valence-corrected chi connectivity index (χ2v) is 9.45. The van der Waals surface area contributed by atoms with Crippen LogP contribution in [0.2, 0.25) is 0 Å². The lowest BCUT2D eigenvalue weighted by Gasteiger charge is -2.36. The first-order valence-corrected chi connectivity index (χ1v) is 13.0. The summed E-state index contributed by atoms with van der Waals surface area (Å²) in [6.45, 7) is 4.54. The molecule has 0 spiro atoms. The van der Waals surface area contributed by atoms with Gasteiger partial charge in [-0.2, -0.15) is 0 Å². The van der Waals surface area contributed by atoms with E-state index in [1.54, 1.807) is 25.3 Å². The number of nitrogens with one attached hydrogen (secondary N) is 1. The van der Waals surface area contributed by atoms with E-state index in [1.807, 2.05) is 66.7 Å². The molecule has 4 aromatic rings. The van der Waals surface area contributed by atoms with Gasteiger partial charge in [0.1, 0.15) is 11.5 Å². The number of methoxy groups -OCH3 is 1. The Bertz CT molecular complexity index is 1480. The minimum absolute atomic E-state index is 0.137. The van der Waals surface area contributed by atoms with E-state index in [4.69, 9.17) is 4.74 Å². The van der Waals surface area contributed by atoms with Gasteiger partial charge in [0.15, 0.2) is 0 Å². The molecule has 6 nitrogen and oxygen atoms in total. The maximum Gasteiger partial charge on any atom is 0.255 e. The van der Waals surface area contributed by atoms with Crippen LogP contribution in [0.5, 0.6) is 11.5 Å². The fourth-order valence-electron chi connectivity index (χ4n) is 4.61. The van der Waals surface area contributed by atoms with Gasteiger partial charge < -0.3 is 20.1 Å². The lowest BCUT2D eigenvalue weighted by atomic mass is 10.1. The summed E-state index contributed by atoms with van der Waals surface area (Å²) >= 11 is 0. The van der Waals surface area contributed by atoms with Gasteiger partial charge in [0, 0.05) is 60.8 Å². The second-order valence-electron chi connectivity index (χ2n) is 9.45. The molecule has 0 radical (unpaired) electrons. The minimum Gasteiger partial charge on any atom is -0.508 e. The second kappa shape index (κ2) is 12.2. The summed E-state index contributed by atoms with van der Waals surface area (Å²) in [7, 11) is 1.62. The van der Waals surface area contributed by atoms with Gasteiger partial charge in [0.05, 0.1) is 7.11 Å². The first kappa shape index (κ1) is 25.9. The molecule has 1 fully saturated rings. The largest absolute Gasteiger partial charge is 0.508 e. The number of ether oxygens (including phenoxy) is 1. The molecule has 0 unspecified atom stereocenters. The number of carbonyl (C=O) groups excluding carboxylic acids is 1. The number of amides is 1. The van der Waals surface area contributed by atoms with Crippen LogP contribution in [0.1, 0.15) is 27.0 Å². The normalized spacial score (nSPS) is 13.3. The fourth-order valence-corrected chi connectivity index (χ4v) is 4.61. The molecular weight excluding hydrogens is 486 g/mol. The number of aromatic hydroxyl groups is 1. The highest BCUT2D eigenvalue weighted by atomic mass is 16.5. The molecule has 0 atom stereocenters. The molecular formula is C33H31N3O3. The van der Waals surface area contributed by atoms with Crippen molar-refractivity contribution in [1.82, 2.24) is 4.90 Å². The number of carbonyl (C=O) groups is 1. The highest BCUT2D eigenvalue weighted by Crippen LogP contribution is 2.21. The van der Waals surface area contributed by atoms with Crippen LogP contribution in [0.25, 0.3) is 0 Å². The van der Waals surface area contributed by atoms with E-state index in [-0.39, 0.29) is 11.7 Å². The topological polar surface area (TPSA) is 65.0 Å². The average molecular weight is 518 g/mol. The average Bonchev–Trinajstić information content (AvgIpc) is 2.98. The summed E-state index contributed by atoms with van der Waals surface area (Å²) in [4.78, 5) is 17.5. The highest BCUT2D eigenvalue weighted by molar-refractivity contribution is 6.04. The molecule has 5 rings (SSSR count). The Labute approximate surface area is 229 Å². The van der Waals surface area contributed by atoms with Crippen LogP contribution < -0.4 is 15.0 Å². The third-order valence-corrected chi connectivity index (χ3v) is 6.81. The van der Waals surface area contributed by atoms with Crippen LogP contribution in [0, 0.1) is 11.8 Å². The van der Waals surface area contributed by atoms with Gasteiger partial charge in [-0.3, -0.25) is 9.69 Å². The molecule has 1 heterocycles. The van der Waals surface area contributed by atoms with Gasteiger partial charge in [-0.1, -0.05) is 36.1 Å². The number of hydrogen-bond donors (Lipinski definition) is 2. The third kappa shape index (κ3) is 6.78. The number of phenols is 1. The molecule has 39 heavy (non-hydrogen) atoms. The van der Waals surface area contributed by atoms with Gasteiger partial charge >= 0.3 is 0 Å². The van der Waals surface area contributed by atoms with E-state index in [2.05, 4.69) is 39.1 Å². The Morgan fingerprint density at radius 1 is 0.872 bits per heavy atom. The number of rotatable bonds is 6. The van der Waals surface area contributed by atoms with Crippen molar-refractivity contribution in [2.45, 2.75) is 6.54 Å². The lowest BCUT2D eigenvalue weighted by Crippen LogP contribution is -2.46. The molecule has 0 bridgehead atoms. The van der Waals surface area contributed by atoms with Crippen LogP contribution in [0.4, 0.5) is 11.4 Å². The van der Waals surface area contributed by atoms with Gasteiger partial charge in [0.2, 0.25) is 0 Å². The summed E-state index contributed by atoms with van der Waals surface area (Å²) in [5, 5.41) is 12.6. The maximum absolute atomic E-state index is 12.7. The zero-order valence-electron chi connectivity index (χ0n) is 21.9. The third-order valence-electron chi connectivity index (χ3n) is 6.81. The van der Waals surface area contributed by atoms with Crippen LogP contribution in [0.3, 0.4) is 0 Å². The number of nitrogens with zero attached hydrogens (tertiary/aromatic N) is 2. The molecule has 1 saturated heterocycles. The van der Waals surface area contributed by atoms with E-state index in [0.717, 1.165) is 61.0 Å². The molecule has 1 aliphatic rings. The Hall–Kier alpha value is -4.73. The van der Waals surface area contributed by atoms with Gasteiger partial charge in [0.25, 0.3) is 5.91 Å². The van der Waals surface area contributed by atoms with Gasteiger partial charge in [-0.05, 0) is 78.4 Å². The van der Waals surface area contributed by atoms with Crippen molar-refractivity contribution in [2.75, 3.05) is 43.5 Å². The smallest absolute Gasteiger partial charge is 0.255 e. The molecule has 196 valence electrons. The molecule has 2 N–H and O–H groups in total. The quantitative estimate of drug-likeness (QED) is 0.337. The van der Waals surface area contributed by atoms with Crippen molar-refractivity contribution in [3.8, 4) is 23.3 Å². The van der Waals surface area contributed by atoms with E-state index in [1.165, 1.54) is 5.56 Å². The first-order chi connectivity index (χ1) is 19.1. The highest BCUT2D eigenvalue weighted by Gasteiger charge is 2.18. The summed E-state index contributed by atoms with van der Waals surface area (Å²) in [6, 6.07) is 30.3. The Morgan fingerprint density at radius 2 is 1.62 bits per heavy atom. The number of benzene rings is 4. The van der Waals surface area contributed by atoms with Crippen molar-refractivity contribution in [2.24, 2.45) is 0 Å². The molecule has 0 aromatic heterocycles. The SMILES string of the molecule is COc1ccc(NC(=O)c2ccc(N3CCN(Cc4ccccc4C#Cc4cccc(O)c4)CC3)cc2)cc1. The molecule has 1 aliphatic heterocycles. The van der Waals surface area contributed by atoms with Gasteiger partial charge in [-0.25, -0.2) is 0 Å². The summed E-state index contributed by atoms with van der Waals surface area (Å²) in [6.07, 6.45) is 0. The van der Waals surface area contributed by atoms with Crippen LogP contribution >= 0.6 is 0 Å². The number of piperazine rings is 1. The Kier molecular flexibility index (Phi) is 8.11. The minimum atomic E-state index is -0.137. The predicted octanol–water partition coefficient (Wildman–Crippen LogP) is 5.38. The Balaban J connectivity index is 1.16. The van der Waals surface area contributed by atoms with Gasteiger partial charge in [-0.15, -0.1) is 0 Å². The van der Waals surface area contributed by atoms with Crippen LogP contribution in [-0.4, -0.2) is 49.2 Å². The van der Waals surface area contributed by atoms with E-state index < -0.39 is 0 Å². The van der Waals surface area contributed by atoms with Crippen molar-refractivity contribution in [1.29, 1.82) is 0 Å². The molecule has 0 aliphatic carbocycles. The summed E-state index contributed by atoms with van der Waals surface area (Å²) in [5.74, 6) is 7.28. The predicted molar refractivity (Wildman–Crippen MR) is 155 cm³/mol. The first-order valence-electron chi connectivity index (χ1n) is 13.0. The molecule has 4 aromatic carbocycles. The maximum atomic E-state index is 12.7. The summed E-state index contributed by atoms with van der Waals surface area (Å²) in [5.41, 5.74) is 5.47. The zero-order valence-corrected chi connectivity index (χ0v) is 21.9. The monoisotopic (exact) mass is 517 g/mol. The van der Waals surface area contributed by atoms with E-state index in [9.17, 15) is 9.90 Å². The van der Waals surface area contributed by atoms with Crippen LogP contribution in [-0.2, 0) is 6.54 Å². The standard InChI is InChI=1S/C33H31N3O3/c1-39-32-17-13-29(14-18-32)34-33(38)27-11-15-30(16-12-27)36-21-19-35(20-22-36)24-28-7-3-2-6-26(28)10-9-25-5-4-8-31(37)23-25/h2-8,11-18,23,37H,19-22,24H2,1H3,(H,34,38). The van der Waals surface area contributed by atoms with Crippen molar-refractivity contribution >= 4 is 17.3 Å². The van der Waals surface area contributed by atoms with Crippen molar-refractivity contribution in [3.63, 3.8) is 0 Å². The fraction of sp³-hybridized carbons (Fsp3) is 0.182. The lowest BCUT2D eigenvalue weighted by molar-refractivity contribution is 0.102.